The van der Waals surface area contributed by atoms with Crippen molar-refractivity contribution in [1.82, 2.24) is 5.32 Å². The molecule has 0 bridgehead atoms. The second-order valence-electron chi connectivity index (χ2n) is 4.02. The number of hydrogen-bond donors (Lipinski definition) is 1. The van der Waals surface area contributed by atoms with Gasteiger partial charge in [0.05, 0.1) is 5.56 Å². The van der Waals surface area contributed by atoms with Crippen LogP contribution in [0.25, 0.3) is 6.08 Å². The van der Waals surface area contributed by atoms with E-state index in [9.17, 15) is 4.39 Å². The normalized spacial score (nSPS) is 11.3. The first kappa shape index (κ1) is 13.4. The van der Waals surface area contributed by atoms with Crippen LogP contribution in [0.5, 0.6) is 0 Å². The second-order valence-corrected chi connectivity index (χ2v) is 4.02. The van der Waals surface area contributed by atoms with Crippen LogP contribution in [-0.4, -0.2) is 13.1 Å². The highest BCUT2D eigenvalue weighted by Crippen LogP contribution is 2.12. The number of halogens is 1. The summed E-state index contributed by atoms with van der Waals surface area (Å²) in [6, 6.07) is 6.42. The maximum atomic E-state index is 13.1. The molecule has 0 radical (unpaired) electrons. The molecule has 2 nitrogen and oxygen atoms in total. The Hall–Kier alpha value is -1.66. The minimum Gasteiger partial charge on any atom is -0.313 e. The minimum atomic E-state index is -0.466. The number of nitrogens with zero attached hydrogens (tertiary/aromatic N) is 1. The summed E-state index contributed by atoms with van der Waals surface area (Å²) in [6.45, 7) is 5.93. The number of hydrogen-bond acceptors (Lipinski definition) is 2. The summed E-state index contributed by atoms with van der Waals surface area (Å²) in [5.41, 5.74) is 2.11. The average Bonchev–Trinajstić information content (AvgIpc) is 2.32. The quantitative estimate of drug-likeness (QED) is 0.792. The van der Waals surface area contributed by atoms with E-state index in [1.165, 1.54) is 6.07 Å². The third-order valence-electron chi connectivity index (χ3n) is 2.35. The van der Waals surface area contributed by atoms with Crippen molar-refractivity contribution in [3.63, 3.8) is 0 Å². The molecule has 0 fully saturated rings. The standard InChI is InChI=1S/C14H17FN2/c1-3-6-17-10-11(2)7-12-4-5-14(15)13(8-12)9-16/h4-5,7-8,17H,3,6,10H2,1-2H3/b11-7+. The summed E-state index contributed by atoms with van der Waals surface area (Å²) in [6.07, 6.45) is 3.06. The molecule has 0 aliphatic heterocycles. The Morgan fingerprint density at radius 3 is 2.94 bits per heavy atom. The molecule has 0 heterocycles. The van der Waals surface area contributed by atoms with Crippen molar-refractivity contribution < 1.29 is 4.39 Å². The predicted octanol–water partition coefficient (Wildman–Crippen LogP) is 3.10. The van der Waals surface area contributed by atoms with Crippen LogP contribution < -0.4 is 5.32 Å². The smallest absolute Gasteiger partial charge is 0.140 e. The van der Waals surface area contributed by atoms with Crippen molar-refractivity contribution in [1.29, 1.82) is 5.26 Å². The van der Waals surface area contributed by atoms with Crippen LogP contribution in [0.1, 0.15) is 31.4 Å². The SMILES string of the molecule is CCCNC/C(C)=C/c1ccc(F)c(C#N)c1. The summed E-state index contributed by atoms with van der Waals surface area (Å²) in [5.74, 6) is -0.466. The van der Waals surface area contributed by atoms with Crippen LogP contribution in [0, 0.1) is 17.1 Å². The van der Waals surface area contributed by atoms with Gasteiger partial charge in [0.15, 0.2) is 0 Å². The molecule has 1 aromatic rings. The lowest BCUT2D eigenvalue weighted by atomic mass is 10.1. The molecule has 0 unspecified atom stereocenters. The number of benzene rings is 1. The zero-order valence-corrected chi connectivity index (χ0v) is 10.3. The van der Waals surface area contributed by atoms with Crippen molar-refractivity contribution in [3.8, 4) is 6.07 Å². The van der Waals surface area contributed by atoms with Crippen LogP contribution in [0.15, 0.2) is 23.8 Å². The fourth-order valence-corrected chi connectivity index (χ4v) is 1.52. The van der Waals surface area contributed by atoms with Gasteiger partial charge in [-0.25, -0.2) is 4.39 Å². The molecule has 0 spiro atoms. The third-order valence-corrected chi connectivity index (χ3v) is 2.35. The molecule has 0 saturated heterocycles. The van der Waals surface area contributed by atoms with E-state index in [1.54, 1.807) is 12.1 Å². The highest BCUT2D eigenvalue weighted by Gasteiger charge is 2.01. The van der Waals surface area contributed by atoms with Gasteiger partial charge in [0.25, 0.3) is 0 Å². The van der Waals surface area contributed by atoms with E-state index in [1.807, 2.05) is 19.1 Å². The fourth-order valence-electron chi connectivity index (χ4n) is 1.52. The monoisotopic (exact) mass is 232 g/mol. The molecule has 3 heteroatoms. The molecular formula is C14H17FN2. The first-order valence-corrected chi connectivity index (χ1v) is 5.75. The highest BCUT2D eigenvalue weighted by atomic mass is 19.1. The van der Waals surface area contributed by atoms with Gasteiger partial charge in [0.2, 0.25) is 0 Å². The molecule has 0 saturated carbocycles. The van der Waals surface area contributed by atoms with E-state index in [4.69, 9.17) is 5.26 Å². The van der Waals surface area contributed by atoms with E-state index in [-0.39, 0.29) is 5.56 Å². The van der Waals surface area contributed by atoms with E-state index >= 15 is 0 Å². The van der Waals surface area contributed by atoms with E-state index in [0.717, 1.165) is 30.6 Å². The van der Waals surface area contributed by atoms with Crippen LogP contribution in [0.4, 0.5) is 4.39 Å². The Morgan fingerprint density at radius 2 is 2.29 bits per heavy atom. The molecule has 1 N–H and O–H groups in total. The second kappa shape index (κ2) is 6.82. The Balaban J connectivity index is 2.73. The molecule has 90 valence electrons. The van der Waals surface area contributed by atoms with Gasteiger partial charge in [-0.05, 0) is 37.6 Å². The lowest BCUT2D eigenvalue weighted by Crippen LogP contribution is -2.16. The van der Waals surface area contributed by atoms with Crippen molar-refractivity contribution in [2.75, 3.05) is 13.1 Å². The summed E-state index contributed by atoms with van der Waals surface area (Å²) in [4.78, 5) is 0. The lowest BCUT2D eigenvalue weighted by Gasteiger charge is -2.04. The summed E-state index contributed by atoms with van der Waals surface area (Å²) >= 11 is 0. The van der Waals surface area contributed by atoms with E-state index in [2.05, 4.69) is 12.2 Å². The van der Waals surface area contributed by atoms with E-state index < -0.39 is 5.82 Å². The molecule has 0 aliphatic carbocycles. The van der Waals surface area contributed by atoms with Crippen LogP contribution >= 0.6 is 0 Å². The first-order chi connectivity index (χ1) is 8.17. The van der Waals surface area contributed by atoms with Crippen molar-refractivity contribution in [2.24, 2.45) is 0 Å². The van der Waals surface area contributed by atoms with Crippen LogP contribution in [0.2, 0.25) is 0 Å². The largest absolute Gasteiger partial charge is 0.313 e. The maximum Gasteiger partial charge on any atom is 0.140 e. The fraction of sp³-hybridized carbons (Fsp3) is 0.357. The summed E-state index contributed by atoms with van der Waals surface area (Å²) < 4.78 is 13.1. The van der Waals surface area contributed by atoms with Gasteiger partial charge in [-0.3, -0.25) is 0 Å². The van der Waals surface area contributed by atoms with Gasteiger partial charge in [0, 0.05) is 6.54 Å². The number of nitriles is 1. The predicted molar refractivity (Wildman–Crippen MR) is 67.9 cm³/mol. The highest BCUT2D eigenvalue weighted by molar-refractivity contribution is 5.55. The first-order valence-electron chi connectivity index (χ1n) is 5.75. The van der Waals surface area contributed by atoms with Gasteiger partial charge < -0.3 is 5.32 Å². The van der Waals surface area contributed by atoms with Crippen molar-refractivity contribution >= 4 is 6.08 Å². The molecule has 0 aromatic heterocycles. The van der Waals surface area contributed by atoms with Crippen LogP contribution in [-0.2, 0) is 0 Å². The Kier molecular flexibility index (Phi) is 5.38. The summed E-state index contributed by atoms with van der Waals surface area (Å²) in [7, 11) is 0. The van der Waals surface area contributed by atoms with Gasteiger partial charge in [-0.15, -0.1) is 0 Å². The average molecular weight is 232 g/mol. The molecule has 0 atom stereocenters. The molecular weight excluding hydrogens is 215 g/mol. The topological polar surface area (TPSA) is 35.8 Å². The van der Waals surface area contributed by atoms with Crippen LogP contribution in [0.3, 0.4) is 0 Å². The molecule has 0 amide bonds. The van der Waals surface area contributed by atoms with E-state index in [0.29, 0.717) is 0 Å². The van der Waals surface area contributed by atoms with Gasteiger partial charge in [-0.1, -0.05) is 24.6 Å². The van der Waals surface area contributed by atoms with Gasteiger partial charge in [-0.2, -0.15) is 5.26 Å². The van der Waals surface area contributed by atoms with Crippen molar-refractivity contribution in [2.45, 2.75) is 20.3 Å². The third kappa shape index (κ3) is 4.38. The summed E-state index contributed by atoms with van der Waals surface area (Å²) in [5, 5.41) is 12.0. The zero-order chi connectivity index (χ0) is 12.7. The molecule has 1 rings (SSSR count). The molecule has 0 aliphatic rings. The lowest BCUT2D eigenvalue weighted by molar-refractivity contribution is 0.624. The maximum absolute atomic E-state index is 13.1. The van der Waals surface area contributed by atoms with Gasteiger partial charge >= 0.3 is 0 Å². The van der Waals surface area contributed by atoms with Crippen molar-refractivity contribution in [3.05, 3.63) is 40.7 Å². The Morgan fingerprint density at radius 1 is 1.53 bits per heavy atom. The van der Waals surface area contributed by atoms with Gasteiger partial charge in [0.1, 0.15) is 11.9 Å². The molecule has 1 aromatic carbocycles. The Bertz CT molecular complexity index is 444. The minimum absolute atomic E-state index is 0.0908. The number of nitrogens with one attached hydrogen (secondary N) is 1. The zero-order valence-electron chi connectivity index (χ0n) is 10.3. The number of rotatable bonds is 5. The Labute approximate surface area is 102 Å². The molecule has 17 heavy (non-hydrogen) atoms.